The third kappa shape index (κ3) is 3.54. The maximum absolute atomic E-state index is 12.9. The number of rotatable bonds is 5. The second kappa shape index (κ2) is 7.40. The standard InChI is InChI=1S/C23H29N5O2/c1-14-12-28(17-10-23(2,3)11-18(29)19(14)17)16-7-6-15-20(25-13-26-22(15)24)21(16)30-9-8-27(4)5/h6-7,12-13H,8-11H2,1-5H3,(H2,24,25,26). The fourth-order valence-electron chi connectivity index (χ4n) is 4.27. The minimum Gasteiger partial charge on any atom is -0.488 e. The van der Waals surface area contributed by atoms with E-state index in [1.165, 1.54) is 6.33 Å². The smallest absolute Gasteiger partial charge is 0.169 e. The van der Waals surface area contributed by atoms with Gasteiger partial charge in [-0.2, -0.15) is 0 Å². The van der Waals surface area contributed by atoms with Crippen molar-refractivity contribution in [3.8, 4) is 11.4 Å². The van der Waals surface area contributed by atoms with Crippen LogP contribution in [0.1, 0.15) is 41.9 Å². The molecule has 1 aromatic carbocycles. The first-order valence-electron chi connectivity index (χ1n) is 10.2. The number of fused-ring (bicyclic) bond motifs is 2. The maximum Gasteiger partial charge on any atom is 0.169 e. The van der Waals surface area contributed by atoms with Crippen molar-refractivity contribution in [1.82, 2.24) is 19.4 Å². The van der Waals surface area contributed by atoms with Gasteiger partial charge in [-0.3, -0.25) is 4.79 Å². The van der Waals surface area contributed by atoms with E-state index >= 15 is 0 Å². The number of nitrogen functional groups attached to an aromatic ring is 1. The van der Waals surface area contributed by atoms with Gasteiger partial charge in [-0.1, -0.05) is 13.8 Å². The zero-order chi connectivity index (χ0) is 21.6. The largest absolute Gasteiger partial charge is 0.488 e. The third-order valence-electron chi connectivity index (χ3n) is 5.68. The monoisotopic (exact) mass is 407 g/mol. The quantitative estimate of drug-likeness (QED) is 0.698. The molecule has 2 aromatic heterocycles. The van der Waals surface area contributed by atoms with Crippen molar-refractivity contribution in [3.05, 3.63) is 41.5 Å². The van der Waals surface area contributed by atoms with Gasteiger partial charge in [0.05, 0.1) is 5.69 Å². The number of carbonyl (C=O) groups is 1. The molecule has 0 amide bonds. The summed E-state index contributed by atoms with van der Waals surface area (Å²) in [6.45, 7) is 7.56. The number of Topliss-reactive ketones (excluding diaryl/α,β-unsaturated/α-hetero) is 1. The molecule has 1 aliphatic carbocycles. The van der Waals surface area contributed by atoms with Gasteiger partial charge in [0, 0.05) is 35.8 Å². The molecule has 0 spiro atoms. The van der Waals surface area contributed by atoms with E-state index in [0.29, 0.717) is 30.1 Å². The van der Waals surface area contributed by atoms with Crippen LogP contribution in [0.3, 0.4) is 0 Å². The van der Waals surface area contributed by atoms with Crippen LogP contribution in [-0.4, -0.2) is 52.5 Å². The van der Waals surface area contributed by atoms with E-state index in [0.717, 1.165) is 40.9 Å². The molecule has 158 valence electrons. The van der Waals surface area contributed by atoms with Crippen LogP contribution in [0.5, 0.6) is 5.75 Å². The van der Waals surface area contributed by atoms with Crippen LogP contribution in [0, 0.1) is 12.3 Å². The van der Waals surface area contributed by atoms with Crippen LogP contribution in [-0.2, 0) is 6.42 Å². The van der Waals surface area contributed by atoms with Crippen molar-refractivity contribution < 1.29 is 9.53 Å². The van der Waals surface area contributed by atoms with E-state index < -0.39 is 0 Å². The summed E-state index contributed by atoms with van der Waals surface area (Å²) in [5, 5.41) is 0.759. The van der Waals surface area contributed by atoms with Crippen LogP contribution >= 0.6 is 0 Å². The van der Waals surface area contributed by atoms with Gasteiger partial charge in [-0.05, 0) is 50.6 Å². The summed E-state index contributed by atoms with van der Waals surface area (Å²) in [5.74, 6) is 1.29. The molecule has 3 aromatic rings. The Kier molecular flexibility index (Phi) is 5.02. The highest BCUT2D eigenvalue weighted by molar-refractivity contribution is 6.01. The Labute approximate surface area is 176 Å². The van der Waals surface area contributed by atoms with Crippen molar-refractivity contribution in [1.29, 1.82) is 0 Å². The number of ether oxygens (including phenoxy) is 1. The molecule has 0 unspecified atom stereocenters. The average molecular weight is 408 g/mol. The van der Waals surface area contributed by atoms with Crippen LogP contribution < -0.4 is 10.5 Å². The predicted molar refractivity (Wildman–Crippen MR) is 118 cm³/mol. The van der Waals surface area contributed by atoms with Crippen LogP contribution in [0.2, 0.25) is 0 Å². The lowest BCUT2D eigenvalue weighted by Crippen LogP contribution is -2.28. The minimum absolute atomic E-state index is 0.0813. The molecule has 30 heavy (non-hydrogen) atoms. The highest BCUT2D eigenvalue weighted by Gasteiger charge is 2.35. The van der Waals surface area contributed by atoms with Crippen LogP contribution in [0.4, 0.5) is 5.82 Å². The van der Waals surface area contributed by atoms with Gasteiger partial charge in [0.2, 0.25) is 0 Å². The number of carbonyl (C=O) groups excluding carboxylic acids is 1. The molecule has 0 fully saturated rings. The second-order valence-electron chi connectivity index (χ2n) is 9.17. The maximum atomic E-state index is 12.9. The molecule has 0 atom stereocenters. The fourth-order valence-corrected chi connectivity index (χ4v) is 4.27. The molecule has 0 radical (unpaired) electrons. The van der Waals surface area contributed by atoms with Gasteiger partial charge < -0.3 is 19.9 Å². The Morgan fingerprint density at radius 3 is 2.73 bits per heavy atom. The van der Waals surface area contributed by atoms with E-state index in [1.54, 1.807) is 0 Å². The Balaban J connectivity index is 1.91. The van der Waals surface area contributed by atoms with E-state index in [1.807, 2.05) is 39.3 Å². The van der Waals surface area contributed by atoms with Gasteiger partial charge in [-0.15, -0.1) is 0 Å². The normalized spacial score (nSPS) is 15.6. The lowest BCUT2D eigenvalue weighted by Gasteiger charge is -2.30. The number of aromatic nitrogens is 3. The summed E-state index contributed by atoms with van der Waals surface area (Å²) in [6, 6.07) is 3.91. The number of nitrogens with two attached hydrogens (primary N) is 1. The summed E-state index contributed by atoms with van der Waals surface area (Å²) >= 11 is 0. The highest BCUT2D eigenvalue weighted by Crippen LogP contribution is 2.41. The van der Waals surface area contributed by atoms with E-state index in [4.69, 9.17) is 10.5 Å². The molecule has 2 N–H and O–H groups in total. The first kappa shape index (κ1) is 20.3. The zero-order valence-corrected chi connectivity index (χ0v) is 18.3. The molecular formula is C23H29N5O2. The van der Waals surface area contributed by atoms with Gasteiger partial charge in [0.25, 0.3) is 0 Å². The number of benzene rings is 1. The molecule has 1 aliphatic rings. The topological polar surface area (TPSA) is 86.3 Å². The molecule has 0 saturated heterocycles. The van der Waals surface area contributed by atoms with Crippen molar-refractivity contribution in [2.24, 2.45) is 5.41 Å². The number of likely N-dealkylation sites (N-methyl/N-ethyl adjacent to an activating group) is 1. The molecule has 0 saturated carbocycles. The van der Waals surface area contributed by atoms with Gasteiger partial charge >= 0.3 is 0 Å². The van der Waals surface area contributed by atoms with Crippen molar-refractivity contribution in [3.63, 3.8) is 0 Å². The number of hydrogen-bond donors (Lipinski definition) is 1. The Hall–Kier alpha value is -2.93. The summed E-state index contributed by atoms with van der Waals surface area (Å²) in [6.07, 6.45) is 4.89. The fraction of sp³-hybridized carbons (Fsp3) is 0.435. The molecule has 7 heteroatoms. The third-order valence-corrected chi connectivity index (χ3v) is 5.68. The summed E-state index contributed by atoms with van der Waals surface area (Å²) in [4.78, 5) is 23.5. The Bertz CT molecular complexity index is 1130. The number of nitrogens with zero attached hydrogens (tertiary/aromatic N) is 4. The van der Waals surface area contributed by atoms with E-state index in [9.17, 15) is 4.79 Å². The summed E-state index contributed by atoms with van der Waals surface area (Å²) < 4.78 is 8.36. The molecule has 0 bridgehead atoms. The SMILES string of the molecule is Cc1cn(-c2ccc3c(N)ncnc3c2OCCN(C)C)c2c1C(=O)CC(C)(C)C2. The van der Waals surface area contributed by atoms with Crippen molar-refractivity contribution >= 4 is 22.5 Å². The zero-order valence-electron chi connectivity index (χ0n) is 18.3. The summed E-state index contributed by atoms with van der Waals surface area (Å²) in [5.41, 5.74) is 10.4. The van der Waals surface area contributed by atoms with Gasteiger partial charge in [0.15, 0.2) is 11.5 Å². The lowest BCUT2D eigenvalue weighted by molar-refractivity contribution is 0.0910. The van der Waals surface area contributed by atoms with Gasteiger partial charge in [-0.25, -0.2) is 9.97 Å². The van der Waals surface area contributed by atoms with E-state index in [-0.39, 0.29) is 11.2 Å². The molecule has 4 rings (SSSR count). The van der Waals surface area contributed by atoms with E-state index in [2.05, 4.69) is 33.3 Å². The number of anilines is 1. The molecule has 7 nitrogen and oxygen atoms in total. The predicted octanol–water partition coefficient (Wildman–Crippen LogP) is 3.41. The molecule has 2 heterocycles. The molecule has 0 aliphatic heterocycles. The van der Waals surface area contributed by atoms with Crippen molar-refractivity contribution in [2.75, 3.05) is 33.0 Å². The first-order valence-corrected chi connectivity index (χ1v) is 10.2. The molecular weight excluding hydrogens is 378 g/mol. The van der Waals surface area contributed by atoms with Crippen LogP contribution in [0.25, 0.3) is 16.6 Å². The minimum atomic E-state index is -0.0813. The number of hydrogen-bond acceptors (Lipinski definition) is 6. The van der Waals surface area contributed by atoms with Gasteiger partial charge in [0.1, 0.15) is 24.3 Å². The number of aryl methyl sites for hydroxylation is 1. The lowest BCUT2D eigenvalue weighted by atomic mass is 9.75. The van der Waals surface area contributed by atoms with Crippen molar-refractivity contribution in [2.45, 2.75) is 33.6 Å². The highest BCUT2D eigenvalue weighted by atomic mass is 16.5. The Morgan fingerprint density at radius 2 is 2.00 bits per heavy atom. The average Bonchev–Trinajstić information content (AvgIpc) is 2.97. The first-order chi connectivity index (χ1) is 14.2. The van der Waals surface area contributed by atoms with Crippen LogP contribution in [0.15, 0.2) is 24.7 Å². The summed E-state index contributed by atoms with van der Waals surface area (Å²) in [7, 11) is 4.01. The Morgan fingerprint density at radius 1 is 1.23 bits per heavy atom. The second-order valence-corrected chi connectivity index (χ2v) is 9.17. The number of ketones is 1.